The lowest BCUT2D eigenvalue weighted by Crippen LogP contribution is -2.42. The zero-order valence-corrected chi connectivity index (χ0v) is 21.1. The molecule has 1 aliphatic rings. The fourth-order valence-corrected chi connectivity index (χ4v) is 4.27. The summed E-state index contributed by atoms with van der Waals surface area (Å²) < 4.78 is 5.73. The average Bonchev–Trinajstić information content (AvgIpc) is 3.23. The maximum absolute atomic E-state index is 5.73. The molecule has 0 unspecified atom stereocenters. The number of piperidine rings is 1. The van der Waals surface area contributed by atoms with Crippen molar-refractivity contribution in [3.05, 3.63) is 39.2 Å². The van der Waals surface area contributed by atoms with Crippen molar-refractivity contribution in [1.29, 1.82) is 0 Å². The summed E-state index contributed by atoms with van der Waals surface area (Å²) in [6.07, 6.45) is 2.38. The molecule has 1 aliphatic heterocycles. The van der Waals surface area contributed by atoms with E-state index in [-0.39, 0.29) is 24.0 Å². The highest BCUT2D eigenvalue weighted by Gasteiger charge is 2.21. The zero-order chi connectivity index (χ0) is 19.9. The van der Waals surface area contributed by atoms with E-state index in [1.807, 2.05) is 25.2 Å². The monoisotopic (exact) mass is 531 g/mol. The molecule has 6 nitrogen and oxygen atoms in total. The van der Waals surface area contributed by atoms with E-state index < -0.39 is 0 Å². The maximum Gasteiger partial charge on any atom is 0.208 e. The van der Waals surface area contributed by atoms with Crippen molar-refractivity contribution in [3.8, 4) is 0 Å². The number of aryl methyl sites for hydroxylation is 3. The predicted octanol–water partition coefficient (Wildman–Crippen LogP) is 4.25. The van der Waals surface area contributed by atoms with Crippen LogP contribution in [0.1, 0.15) is 46.9 Å². The van der Waals surface area contributed by atoms with Crippen LogP contribution in [0.2, 0.25) is 0 Å². The lowest BCUT2D eigenvalue weighted by molar-refractivity contribution is 0.164. The Kier molecular flexibility index (Phi) is 9.91. The molecule has 29 heavy (non-hydrogen) atoms. The molecule has 2 aromatic heterocycles. The quantitative estimate of drug-likeness (QED) is 0.318. The minimum atomic E-state index is 0. The van der Waals surface area contributed by atoms with Crippen molar-refractivity contribution in [2.45, 2.75) is 53.6 Å². The highest BCUT2D eigenvalue weighted by Crippen LogP contribution is 2.19. The molecule has 0 radical (unpaired) electrons. The second kappa shape index (κ2) is 11.9. The number of hydrogen-bond acceptors (Lipinski definition) is 5. The Morgan fingerprint density at radius 3 is 2.59 bits per heavy atom. The Bertz CT molecular complexity index is 760. The van der Waals surface area contributed by atoms with Crippen LogP contribution in [0.4, 0.5) is 0 Å². The SMILES string of the molecule is CCNC(=NCc1ccc(C)s1)NCC1CCN(Cc2nc(C)c(C)o2)CC1.I. The van der Waals surface area contributed by atoms with Gasteiger partial charge in [0.1, 0.15) is 5.76 Å². The number of rotatable bonds is 7. The van der Waals surface area contributed by atoms with Gasteiger partial charge < -0.3 is 15.1 Å². The van der Waals surface area contributed by atoms with Crippen molar-refractivity contribution in [2.75, 3.05) is 26.2 Å². The van der Waals surface area contributed by atoms with Crippen molar-refractivity contribution in [1.82, 2.24) is 20.5 Å². The second-order valence-corrected chi connectivity index (χ2v) is 8.93. The first kappa shape index (κ1) is 24.1. The van der Waals surface area contributed by atoms with Crippen molar-refractivity contribution in [2.24, 2.45) is 10.9 Å². The number of nitrogens with zero attached hydrogens (tertiary/aromatic N) is 3. The summed E-state index contributed by atoms with van der Waals surface area (Å²) in [4.78, 5) is 14.3. The van der Waals surface area contributed by atoms with E-state index in [1.54, 1.807) is 0 Å². The van der Waals surface area contributed by atoms with Crippen LogP contribution in [0.15, 0.2) is 21.5 Å². The first-order chi connectivity index (χ1) is 13.5. The van der Waals surface area contributed by atoms with Gasteiger partial charge >= 0.3 is 0 Å². The number of likely N-dealkylation sites (tertiary alicyclic amines) is 1. The molecule has 8 heteroatoms. The molecule has 0 amide bonds. The molecule has 0 bridgehead atoms. The Morgan fingerprint density at radius 2 is 2.00 bits per heavy atom. The fourth-order valence-electron chi connectivity index (χ4n) is 3.46. The van der Waals surface area contributed by atoms with Crippen LogP contribution < -0.4 is 10.6 Å². The second-order valence-electron chi connectivity index (χ2n) is 7.56. The molecule has 3 heterocycles. The first-order valence-electron chi connectivity index (χ1n) is 10.3. The van der Waals surface area contributed by atoms with Crippen molar-refractivity contribution in [3.63, 3.8) is 0 Å². The van der Waals surface area contributed by atoms with Gasteiger partial charge in [-0.3, -0.25) is 4.90 Å². The molecule has 0 aliphatic carbocycles. The van der Waals surface area contributed by atoms with Crippen LogP contribution in [-0.4, -0.2) is 42.0 Å². The zero-order valence-electron chi connectivity index (χ0n) is 18.0. The van der Waals surface area contributed by atoms with Crippen LogP contribution in [-0.2, 0) is 13.1 Å². The van der Waals surface area contributed by atoms with Gasteiger partial charge in [0.25, 0.3) is 0 Å². The van der Waals surface area contributed by atoms with Gasteiger partial charge in [-0.25, -0.2) is 9.98 Å². The Morgan fingerprint density at radius 1 is 1.24 bits per heavy atom. The van der Waals surface area contributed by atoms with E-state index in [0.29, 0.717) is 5.92 Å². The van der Waals surface area contributed by atoms with Gasteiger partial charge in [-0.05, 0) is 71.7 Å². The molecular formula is C21H34IN5OS. The molecule has 0 aromatic carbocycles. The molecule has 1 saturated heterocycles. The maximum atomic E-state index is 5.73. The smallest absolute Gasteiger partial charge is 0.208 e. The number of aliphatic imine (C=N–C) groups is 1. The van der Waals surface area contributed by atoms with Crippen LogP contribution in [0.25, 0.3) is 0 Å². The largest absolute Gasteiger partial charge is 0.444 e. The summed E-state index contributed by atoms with van der Waals surface area (Å²) in [7, 11) is 0. The van der Waals surface area contributed by atoms with Crippen LogP contribution in [0.3, 0.4) is 0 Å². The number of guanidine groups is 1. The van der Waals surface area contributed by atoms with Gasteiger partial charge in [0.05, 0.1) is 18.8 Å². The van der Waals surface area contributed by atoms with Crippen LogP contribution >= 0.6 is 35.3 Å². The number of oxazole rings is 1. The minimum Gasteiger partial charge on any atom is -0.444 e. The average molecular weight is 532 g/mol. The summed E-state index contributed by atoms with van der Waals surface area (Å²) >= 11 is 1.82. The summed E-state index contributed by atoms with van der Waals surface area (Å²) in [6.45, 7) is 13.8. The first-order valence-corrected chi connectivity index (χ1v) is 11.1. The van der Waals surface area contributed by atoms with E-state index in [2.05, 4.69) is 46.5 Å². The van der Waals surface area contributed by atoms with E-state index in [0.717, 1.165) is 62.6 Å². The Balaban J connectivity index is 0.00000300. The molecule has 2 N–H and O–H groups in total. The number of aromatic nitrogens is 1. The molecule has 3 rings (SSSR count). The van der Waals surface area contributed by atoms with Crippen molar-refractivity contribution < 1.29 is 4.42 Å². The van der Waals surface area contributed by atoms with Gasteiger partial charge in [-0.15, -0.1) is 35.3 Å². The van der Waals surface area contributed by atoms with E-state index in [1.165, 1.54) is 22.6 Å². The van der Waals surface area contributed by atoms with Gasteiger partial charge in [-0.1, -0.05) is 0 Å². The highest BCUT2D eigenvalue weighted by molar-refractivity contribution is 14.0. The third-order valence-corrected chi connectivity index (χ3v) is 6.22. The Labute approximate surface area is 195 Å². The van der Waals surface area contributed by atoms with Gasteiger partial charge in [0, 0.05) is 22.8 Å². The normalized spacial score (nSPS) is 15.9. The predicted molar refractivity (Wildman–Crippen MR) is 131 cm³/mol. The number of hydrogen-bond donors (Lipinski definition) is 2. The van der Waals surface area contributed by atoms with Crippen molar-refractivity contribution >= 4 is 41.3 Å². The van der Waals surface area contributed by atoms with E-state index in [4.69, 9.17) is 9.41 Å². The summed E-state index contributed by atoms with van der Waals surface area (Å²) in [5, 5.41) is 6.90. The number of halogens is 1. The number of nitrogens with one attached hydrogen (secondary N) is 2. The van der Waals surface area contributed by atoms with Gasteiger partial charge in [-0.2, -0.15) is 0 Å². The van der Waals surface area contributed by atoms with Crippen LogP contribution in [0.5, 0.6) is 0 Å². The third kappa shape index (κ3) is 7.57. The van der Waals surface area contributed by atoms with E-state index in [9.17, 15) is 0 Å². The fraction of sp³-hybridized carbons (Fsp3) is 0.619. The molecule has 0 spiro atoms. The highest BCUT2D eigenvalue weighted by atomic mass is 127. The Hall–Kier alpha value is -1.13. The topological polar surface area (TPSA) is 65.7 Å². The minimum absolute atomic E-state index is 0. The summed E-state index contributed by atoms with van der Waals surface area (Å²) in [5.41, 5.74) is 1.00. The summed E-state index contributed by atoms with van der Waals surface area (Å²) in [6, 6.07) is 4.32. The molecule has 1 fully saturated rings. The third-order valence-electron chi connectivity index (χ3n) is 5.23. The lowest BCUT2D eigenvalue weighted by atomic mass is 9.97. The molecule has 162 valence electrons. The molecule has 0 saturated carbocycles. The van der Waals surface area contributed by atoms with Gasteiger partial charge in [0.2, 0.25) is 5.89 Å². The number of thiophene rings is 1. The standard InChI is InChI=1S/C21H33N5OS.HI/c1-5-22-21(24-13-19-7-6-15(2)28-19)23-12-18-8-10-26(11-9-18)14-20-25-16(3)17(4)27-20;/h6-7,18H,5,8-14H2,1-4H3,(H2,22,23,24);1H. The molecule has 2 aromatic rings. The molecular weight excluding hydrogens is 497 g/mol. The van der Waals surface area contributed by atoms with E-state index >= 15 is 0 Å². The van der Waals surface area contributed by atoms with Crippen LogP contribution in [0, 0.1) is 26.7 Å². The lowest BCUT2D eigenvalue weighted by Gasteiger charge is -2.31. The van der Waals surface area contributed by atoms with Gasteiger partial charge in [0.15, 0.2) is 5.96 Å². The summed E-state index contributed by atoms with van der Waals surface area (Å²) in [5.74, 6) is 3.37. The molecule has 0 atom stereocenters.